The number of nitrogens with one attached hydrogen (secondary N) is 1. The number of benzene rings is 2. The van der Waals surface area contributed by atoms with Gasteiger partial charge in [0.1, 0.15) is 6.61 Å². The van der Waals surface area contributed by atoms with E-state index in [0.29, 0.717) is 5.69 Å². The molecule has 2 rings (SSSR count). The van der Waals surface area contributed by atoms with Crippen molar-refractivity contribution >= 4 is 17.7 Å². The van der Waals surface area contributed by atoms with E-state index in [0.717, 1.165) is 11.1 Å². The maximum absolute atomic E-state index is 11.8. The van der Waals surface area contributed by atoms with Crippen LogP contribution in [0.4, 0.5) is 10.5 Å². The Morgan fingerprint density at radius 1 is 1.00 bits per heavy atom. The third kappa shape index (κ3) is 6.57. The number of carboxylic acids is 1. The zero-order valence-corrected chi connectivity index (χ0v) is 14.8. The predicted molar refractivity (Wildman–Crippen MR) is 98.0 cm³/mol. The van der Waals surface area contributed by atoms with Crippen LogP contribution in [0.5, 0.6) is 0 Å². The normalized spacial score (nSPS) is 11.8. The third-order valence-corrected chi connectivity index (χ3v) is 3.55. The third-order valence-electron chi connectivity index (χ3n) is 3.55. The summed E-state index contributed by atoms with van der Waals surface area (Å²) in [5.41, 5.74) is 2.32. The second kappa shape index (κ2) is 9.58. The van der Waals surface area contributed by atoms with Gasteiger partial charge >= 0.3 is 12.1 Å². The van der Waals surface area contributed by atoms with Crippen molar-refractivity contribution in [3.63, 3.8) is 0 Å². The molecule has 138 valence electrons. The fraction of sp³-hybridized carbons (Fsp3) is 0.300. The number of carbonyl (C=O) groups excluding carboxylic acids is 1. The molecule has 0 saturated heterocycles. The van der Waals surface area contributed by atoms with Crippen molar-refractivity contribution in [3.05, 3.63) is 65.7 Å². The SMILES string of the molecule is CC(C)OC(Cc1ccc(COC(=O)Nc2ccccc2)cc1)C(=O)O. The lowest BCUT2D eigenvalue weighted by atomic mass is 10.1. The monoisotopic (exact) mass is 357 g/mol. The first-order valence-corrected chi connectivity index (χ1v) is 8.39. The molecule has 0 aliphatic carbocycles. The molecule has 0 bridgehead atoms. The maximum atomic E-state index is 11.8. The molecule has 0 aliphatic rings. The fourth-order valence-electron chi connectivity index (χ4n) is 2.33. The molecule has 6 nitrogen and oxygen atoms in total. The van der Waals surface area contributed by atoms with Crippen molar-refractivity contribution in [2.24, 2.45) is 0 Å². The summed E-state index contributed by atoms with van der Waals surface area (Å²) in [5, 5.41) is 11.9. The Kier molecular flexibility index (Phi) is 7.17. The van der Waals surface area contributed by atoms with E-state index >= 15 is 0 Å². The standard InChI is InChI=1S/C20H23NO5/c1-14(2)26-18(19(22)23)12-15-8-10-16(11-9-15)13-25-20(24)21-17-6-4-3-5-7-17/h3-11,14,18H,12-13H2,1-2H3,(H,21,24)(H,22,23). The number of hydrogen-bond donors (Lipinski definition) is 2. The summed E-state index contributed by atoms with van der Waals surface area (Å²) < 4.78 is 10.6. The van der Waals surface area contributed by atoms with Crippen LogP contribution in [0.25, 0.3) is 0 Å². The first-order valence-electron chi connectivity index (χ1n) is 8.39. The fourth-order valence-corrected chi connectivity index (χ4v) is 2.33. The van der Waals surface area contributed by atoms with Crippen molar-refractivity contribution in [1.82, 2.24) is 0 Å². The van der Waals surface area contributed by atoms with Gasteiger partial charge in [-0.25, -0.2) is 9.59 Å². The number of amides is 1. The zero-order chi connectivity index (χ0) is 18.9. The van der Waals surface area contributed by atoms with Crippen LogP contribution in [-0.2, 0) is 27.3 Å². The number of para-hydroxylation sites is 1. The van der Waals surface area contributed by atoms with Gasteiger partial charge in [0.15, 0.2) is 6.10 Å². The highest BCUT2D eigenvalue weighted by molar-refractivity contribution is 5.84. The number of carbonyl (C=O) groups is 2. The lowest BCUT2D eigenvalue weighted by Crippen LogP contribution is -2.29. The predicted octanol–water partition coefficient (Wildman–Crippen LogP) is 3.86. The van der Waals surface area contributed by atoms with Gasteiger partial charge in [0.05, 0.1) is 6.10 Å². The number of ether oxygens (including phenoxy) is 2. The molecule has 26 heavy (non-hydrogen) atoms. The molecule has 1 atom stereocenters. The van der Waals surface area contributed by atoms with Gasteiger partial charge in [0.2, 0.25) is 0 Å². The minimum Gasteiger partial charge on any atom is -0.479 e. The molecule has 0 heterocycles. The Morgan fingerprint density at radius 3 is 2.19 bits per heavy atom. The van der Waals surface area contributed by atoms with Crippen molar-refractivity contribution in [2.75, 3.05) is 5.32 Å². The van der Waals surface area contributed by atoms with Crippen LogP contribution in [0.2, 0.25) is 0 Å². The van der Waals surface area contributed by atoms with Crippen LogP contribution >= 0.6 is 0 Å². The van der Waals surface area contributed by atoms with Crippen LogP contribution in [0, 0.1) is 0 Å². The smallest absolute Gasteiger partial charge is 0.411 e. The van der Waals surface area contributed by atoms with Crippen molar-refractivity contribution in [1.29, 1.82) is 0 Å². The average molecular weight is 357 g/mol. The van der Waals surface area contributed by atoms with Crippen LogP contribution in [-0.4, -0.2) is 29.4 Å². The van der Waals surface area contributed by atoms with Gasteiger partial charge in [0.25, 0.3) is 0 Å². The largest absolute Gasteiger partial charge is 0.479 e. The van der Waals surface area contributed by atoms with E-state index in [1.165, 1.54) is 0 Å². The highest BCUT2D eigenvalue weighted by Gasteiger charge is 2.20. The zero-order valence-electron chi connectivity index (χ0n) is 14.8. The van der Waals surface area contributed by atoms with Gasteiger partial charge in [0, 0.05) is 12.1 Å². The van der Waals surface area contributed by atoms with E-state index in [-0.39, 0.29) is 19.1 Å². The summed E-state index contributed by atoms with van der Waals surface area (Å²) in [4.78, 5) is 23.0. The molecule has 2 aromatic carbocycles. The first-order chi connectivity index (χ1) is 12.4. The topological polar surface area (TPSA) is 84.9 Å². The van der Waals surface area contributed by atoms with Gasteiger partial charge < -0.3 is 14.6 Å². The lowest BCUT2D eigenvalue weighted by molar-refractivity contribution is -0.153. The second-order valence-electron chi connectivity index (χ2n) is 6.10. The Hall–Kier alpha value is -2.86. The van der Waals surface area contributed by atoms with E-state index in [9.17, 15) is 14.7 Å². The van der Waals surface area contributed by atoms with E-state index in [4.69, 9.17) is 9.47 Å². The maximum Gasteiger partial charge on any atom is 0.411 e. The Bertz CT molecular complexity index is 713. The number of anilines is 1. The van der Waals surface area contributed by atoms with Crippen LogP contribution in [0.1, 0.15) is 25.0 Å². The van der Waals surface area contributed by atoms with E-state index in [1.807, 2.05) is 30.3 Å². The molecule has 1 amide bonds. The van der Waals surface area contributed by atoms with Crippen LogP contribution < -0.4 is 5.32 Å². The van der Waals surface area contributed by atoms with Crippen LogP contribution in [0.3, 0.4) is 0 Å². The summed E-state index contributed by atoms with van der Waals surface area (Å²) in [6.07, 6.45) is -1.29. The highest BCUT2D eigenvalue weighted by Crippen LogP contribution is 2.12. The summed E-state index contributed by atoms with van der Waals surface area (Å²) >= 11 is 0. The molecule has 0 aromatic heterocycles. The van der Waals surface area contributed by atoms with Crippen molar-refractivity contribution in [3.8, 4) is 0 Å². The minimum atomic E-state index is -0.983. The number of carboxylic acid groups (broad SMARTS) is 1. The summed E-state index contributed by atoms with van der Waals surface area (Å²) in [7, 11) is 0. The Morgan fingerprint density at radius 2 is 1.62 bits per heavy atom. The quantitative estimate of drug-likeness (QED) is 0.749. The molecule has 0 radical (unpaired) electrons. The van der Waals surface area contributed by atoms with E-state index in [1.54, 1.807) is 38.1 Å². The van der Waals surface area contributed by atoms with Gasteiger partial charge in [-0.3, -0.25) is 5.32 Å². The molecule has 0 fully saturated rings. The molecule has 0 aliphatic heterocycles. The molecule has 6 heteroatoms. The average Bonchev–Trinajstić information content (AvgIpc) is 2.61. The number of rotatable bonds is 8. The second-order valence-corrected chi connectivity index (χ2v) is 6.10. The Labute approximate surface area is 152 Å². The lowest BCUT2D eigenvalue weighted by Gasteiger charge is -2.16. The Balaban J connectivity index is 1.85. The van der Waals surface area contributed by atoms with Crippen molar-refractivity contribution in [2.45, 2.75) is 39.1 Å². The molecule has 2 N–H and O–H groups in total. The molecular formula is C20H23NO5. The first kappa shape index (κ1) is 19.5. The van der Waals surface area contributed by atoms with E-state index in [2.05, 4.69) is 5.32 Å². The minimum absolute atomic E-state index is 0.129. The number of hydrogen-bond acceptors (Lipinski definition) is 4. The van der Waals surface area contributed by atoms with Gasteiger partial charge in [-0.15, -0.1) is 0 Å². The highest BCUT2D eigenvalue weighted by atomic mass is 16.5. The van der Waals surface area contributed by atoms with E-state index < -0.39 is 18.2 Å². The molecular weight excluding hydrogens is 334 g/mol. The molecule has 2 aromatic rings. The molecule has 1 unspecified atom stereocenters. The number of aliphatic carboxylic acids is 1. The summed E-state index contributed by atoms with van der Waals surface area (Å²) in [6.45, 7) is 3.73. The van der Waals surface area contributed by atoms with Gasteiger partial charge in [-0.2, -0.15) is 0 Å². The van der Waals surface area contributed by atoms with Crippen LogP contribution in [0.15, 0.2) is 54.6 Å². The van der Waals surface area contributed by atoms with Gasteiger partial charge in [-0.05, 0) is 37.1 Å². The summed E-state index contributed by atoms with van der Waals surface area (Å²) in [6, 6.07) is 16.3. The van der Waals surface area contributed by atoms with Gasteiger partial charge in [-0.1, -0.05) is 42.5 Å². The van der Waals surface area contributed by atoms with Crippen molar-refractivity contribution < 1.29 is 24.2 Å². The summed E-state index contributed by atoms with van der Waals surface area (Å²) in [5.74, 6) is -0.983. The molecule has 0 saturated carbocycles. The molecule has 0 spiro atoms.